The number of methoxy groups -OCH3 is 1. The van der Waals surface area contributed by atoms with Gasteiger partial charge >= 0.3 is 5.97 Å². The molecule has 0 aromatic heterocycles. The van der Waals surface area contributed by atoms with Crippen molar-refractivity contribution < 1.29 is 14.6 Å². The molecule has 0 aliphatic heterocycles. The molecule has 0 saturated heterocycles. The molecule has 0 saturated carbocycles. The number of carbonyl (C=O) groups is 1. The van der Waals surface area contributed by atoms with E-state index >= 15 is 0 Å². The summed E-state index contributed by atoms with van der Waals surface area (Å²) in [5.41, 5.74) is 9.37. The van der Waals surface area contributed by atoms with Crippen LogP contribution in [0.2, 0.25) is 0 Å². The molecule has 1 aliphatic carbocycles. The predicted molar refractivity (Wildman–Crippen MR) is 68.8 cm³/mol. The first kappa shape index (κ1) is 12.9. The second kappa shape index (κ2) is 5.40. The molecular formula is C14H19NO3. The molecule has 0 amide bonds. The number of carboxylic acids is 1. The minimum atomic E-state index is -0.858. The summed E-state index contributed by atoms with van der Waals surface area (Å²) in [6.45, 7) is 0. The first-order chi connectivity index (χ1) is 8.63. The summed E-state index contributed by atoms with van der Waals surface area (Å²) >= 11 is 0. The van der Waals surface area contributed by atoms with Gasteiger partial charge in [0.25, 0.3) is 0 Å². The van der Waals surface area contributed by atoms with Crippen molar-refractivity contribution >= 4 is 5.97 Å². The molecule has 1 unspecified atom stereocenters. The monoisotopic (exact) mass is 249 g/mol. The number of hydrogen-bond donors (Lipinski definition) is 2. The lowest BCUT2D eigenvalue weighted by molar-refractivity contribution is -0.137. The van der Waals surface area contributed by atoms with Crippen LogP contribution >= 0.6 is 0 Å². The molecule has 1 aliphatic rings. The highest BCUT2D eigenvalue weighted by Gasteiger charge is 2.21. The van der Waals surface area contributed by atoms with E-state index < -0.39 is 12.0 Å². The lowest BCUT2D eigenvalue weighted by Gasteiger charge is -2.24. The molecule has 4 nitrogen and oxygen atoms in total. The second-order valence-electron chi connectivity index (χ2n) is 4.73. The number of rotatable bonds is 4. The third kappa shape index (κ3) is 2.48. The van der Waals surface area contributed by atoms with E-state index in [0.29, 0.717) is 0 Å². The van der Waals surface area contributed by atoms with Crippen molar-refractivity contribution in [3.8, 4) is 5.75 Å². The number of nitrogens with two attached hydrogens (primary N) is 1. The van der Waals surface area contributed by atoms with E-state index in [9.17, 15) is 4.79 Å². The summed E-state index contributed by atoms with van der Waals surface area (Å²) < 4.78 is 5.37. The standard InChI is InChI=1S/C14H19NO3/c1-18-13-7-6-10(12(15)8-14(16)17)9-4-2-3-5-11(9)13/h6-7,12H,2-5,8,15H2,1H3,(H,16,17). The highest BCUT2D eigenvalue weighted by molar-refractivity contribution is 5.68. The molecule has 0 radical (unpaired) electrons. The van der Waals surface area contributed by atoms with Crippen molar-refractivity contribution in [3.63, 3.8) is 0 Å². The molecule has 4 heteroatoms. The highest BCUT2D eigenvalue weighted by Crippen LogP contribution is 2.34. The maximum atomic E-state index is 10.8. The Balaban J connectivity index is 2.39. The Bertz CT molecular complexity index is 457. The van der Waals surface area contributed by atoms with Gasteiger partial charge in [0.05, 0.1) is 13.5 Å². The molecule has 3 N–H and O–H groups in total. The van der Waals surface area contributed by atoms with Crippen LogP contribution in [0.15, 0.2) is 12.1 Å². The minimum absolute atomic E-state index is 0.0290. The van der Waals surface area contributed by atoms with Gasteiger partial charge in [0.1, 0.15) is 5.75 Å². The van der Waals surface area contributed by atoms with Gasteiger partial charge in [0, 0.05) is 6.04 Å². The van der Waals surface area contributed by atoms with E-state index in [4.69, 9.17) is 15.6 Å². The molecule has 98 valence electrons. The normalized spacial score (nSPS) is 15.9. The van der Waals surface area contributed by atoms with Crippen molar-refractivity contribution in [2.24, 2.45) is 5.73 Å². The zero-order valence-electron chi connectivity index (χ0n) is 10.6. The number of aliphatic carboxylic acids is 1. The Morgan fingerprint density at radius 3 is 2.67 bits per heavy atom. The molecule has 0 fully saturated rings. The molecule has 0 spiro atoms. The van der Waals surface area contributed by atoms with Gasteiger partial charge in [-0.05, 0) is 48.4 Å². The van der Waals surface area contributed by atoms with E-state index in [0.717, 1.165) is 37.0 Å². The SMILES string of the molecule is COc1ccc(C(N)CC(=O)O)c2c1CCCC2. The average Bonchev–Trinajstić information content (AvgIpc) is 2.36. The molecule has 1 atom stereocenters. The summed E-state index contributed by atoms with van der Waals surface area (Å²) in [5.74, 6) is 0.0406. The Hall–Kier alpha value is -1.55. The van der Waals surface area contributed by atoms with Gasteiger partial charge in [-0.3, -0.25) is 4.79 Å². The Morgan fingerprint density at radius 2 is 2.06 bits per heavy atom. The lowest BCUT2D eigenvalue weighted by Crippen LogP contribution is -2.19. The van der Waals surface area contributed by atoms with Gasteiger partial charge in [-0.25, -0.2) is 0 Å². The molecule has 2 rings (SSSR count). The first-order valence-corrected chi connectivity index (χ1v) is 6.29. The van der Waals surface area contributed by atoms with Gasteiger partial charge in [-0.15, -0.1) is 0 Å². The van der Waals surface area contributed by atoms with Crippen LogP contribution in [0.25, 0.3) is 0 Å². The zero-order valence-corrected chi connectivity index (χ0v) is 10.6. The maximum Gasteiger partial charge on any atom is 0.305 e. The fourth-order valence-electron chi connectivity index (χ4n) is 2.70. The maximum absolute atomic E-state index is 10.8. The largest absolute Gasteiger partial charge is 0.496 e. The molecule has 0 bridgehead atoms. The molecule has 1 aromatic carbocycles. The number of fused-ring (bicyclic) bond motifs is 1. The van der Waals surface area contributed by atoms with Crippen molar-refractivity contribution in [2.45, 2.75) is 38.1 Å². The summed E-state index contributed by atoms with van der Waals surface area (Å²) in [6.07, 6.45) is 4.22. The van der Waals surface area contributed by atoms with Crippen molar-refractivity contribution in [2.75, 3.05) is 7.11 Å². The van der Waals surface area contributed by atoms with Crippen molar-refractivity contribution in [1.82, 2.24) is 0 Å². The van der Waals surface area contributed by atoms with E-state index in [2.05, 4.69) is 0 Å². The average molecular weight is 249 g/mol. The summed E-state index contributed by atoms with van der Waals surface area (Å²) in [4.78, 5) is 10.8. The summed E-state index contributed by atoms with van der Waals surface area (Å²) in [5, 5.41) is 8.85. The fraction of sp³-hybridized carbons (Fsp3) is 0.500. The third-order valence-electron chi connectivity index (χ3n) is 3.54. The van der Waals surface area contributed by atoms with E-state index in [1.165, 1.54) is 11.1 Å². The van der Waals surface area contributed by atoms with Crippen molar-refractivity contribution in [3.05, 3.63) is 28.8 Å². The molecule has 18 heavy (non-hydrogen) atoms. The third-order valence-corrected chi connectivity index (χ3v) is 3.54. The fourth-order valence-corrected chi connectivity index (χ4v) is 2.70. The minimum Gasteiger partial charge on any atom is -0.496 e. The molecular weight excluding hydrogens is 230 g/mol. The van der Waals surface area contributed by atoms with Crippen LogP contribution in [0.1, 0.15) is 42.0 Å². The topological polar surface area (TPSA) is 72.5 Å². The quantitative estimate of drug-likeness (QED) is 0.856. The summed E-state index contributed by atoms with van der Waals surface area (Å²) in [6, 6.07) is 3.39. The van der Waals surface area contributed by atoms with E-state index in [1.54, 1.807) is 7.11 Å². The van der Waals surface area contributed by atoms with Crippen LogP contribution in [0, 0.1) is 0 Å². The Kier molecular flexibility index (Phi) is 3.87. The first-order valence-electron chi connectivity index (χ1n) is 6.29. The van der Waals surface area contributed by atoms with Crippen LogP contribution < -0.4 is 10.5 Å². The Morgan fingerprint density at radius 1 is 1.39 bits per heavy atom. The lowest BCUT2D eigenvalue weighted by atomic mass is 9.85. The van der Waals surface area contributed by atoms with Gasteiger partial charge in [0.2, 0.25) is 0 Å². The predicted octanol–water partition coefficient (Wildman–Crippen LogP) is 2.05. The zero-order chi connectivity index (χ0) is 13.1. The van der Waals surface area contributed by atoms with Crippen LogP contribution in [-0.4, -0.2) is 18.2 Å². The van der Waals surface area contributed by atoms with Crippen LogP contribution in [-0.2, 0) is 17.6 Å². The van der Waals surface area contributed by atoms with Crippen molar-refractivity contribution in [1.29, 1.82) is 0 Å². The second-order valence-corrected chi connectivity index (χ2v) is 4.73. The smallest absolute Gasteiger partial charge is 0.305 e. The van der Waals surface area contributed by atoms with E-state index in [1.807, 2.05) is 12.1 Å². The van der Waals surface area contributed by atoms with Crippen LogP contribution in [0.3, 0.4) is 0 Å². The van der Waals surface area contributed by atoms with Gasteiger partial charge in [0.15, 0.2) is 0 Å². The highest BCUT2D eigenvalue weighted by atomic mass is 16.5. The van der Waals surface area contributed by atoms with E-state index in [-0.39, 0.29) is 6.42 Å². The van der Waals surface area contributed by atoms with Gasteiger partial charge in [-0.2, -0.15) is 0 Å². The molecule has 0 heterocycles. The summed E-state index contributed by atoms with van der Waals surface area (Å²) in [7, 11) is 1.67. The Labute approximate surface area is 107 Å². The van der Waals surface area contributed by atoms with Gasteiger partial charge < -0.3 is 15.6 Å². The van der Waals surface area contributed by atoms with Crippen LogP contribution in [0.4, 0.5) is 0 Å². The van der Waals surface area contributed by atoms with Gasteiger partial charge in [-0.1, -0.05) is 6.07 Å². The van der Waals surface area contributed by atoms with Crippen LogP contribution in [0.5, 0.6) is 5.75 Å². The molecule has 1 aromatic rings. The number of carboxylic acid groups (broad SMARTS) is 1. The number of hydrogen-bond acceptors (Lipinski definition) is 3. The number of ether oxygens (including phenoxy) is 1. The number of benzene rings is 1.